The maximum atomic E-state index is 12.8. The van der Waals surface area contributed by atoms with E-state index in [1.807, 2.05) is 42.9 Å². The van der Waals surface area contributed by atoms with Gasteiger partial charge in [0.2, 0.25) is 0 Å². The summed E-state index contributed by atoms with van der Waals surface area (Å²) < 4.78 is 7.33. The predicted molar refractivity (Wildman–Crippen MR) is 107 cm³/mol. The van der Waals surface area contributed by atoms with Crippen molar-refractivity contribution in [3.05, 3.63) is 52.5 Å². The second-order valence-corrected chi connectivity index (χ2v) is 7.85. The van der Waals surface area contributed by atoms with E-state index in [4.69, 9.17) is 4.74 Å². The molecule has 1 aromatic carbocycles. The quantitative estimate of drug-likeness (QED) is 0.735. The number of ether oxygens (including phenoxy) is 1. The number of thiophene rings is 1. The summed E-state index contributed by atoms with van der Waals surface area (Å²) >= 11 is 1.49. The summed E-state index contributed by atoms with van der Waals surface area (Å²) in [5.41, 5.74) is 2.18. The molecule has 1 fully saturated rings. The molecule has 1 amide bonds. The number of morpholine rings is 1. The van der Waals surface area contributed by atoms with Gasteiger partial charge in [-0.3, -0.25) is 14.4 Å². The van der Waals surface area contributed by atoms with Gasteiger partial charge in [0.05, 0.1) is 29.8 Å². The molecule has 0 bridgehead atoms. The van der Waals surface area contributed by atoms with Crippen molar-refractivity contribution in [2.24, 2.45) is 7.05 Å². The molecule has 1 saturated heterocycles. The molecular weight excluding hydrogens is 360 g/mol. The second kappa shape index (κ2) is 7.80. The lowest BCUT2D eigenvalue weighted by molar-refractivity contribution is 0.0162. The van der Waals surface area contributed by atoms with Crippen LogP contribution in [0.1, 0.15) is 27.0 Å². The standard InChI is InChI=1S/C20H24N4O2S/c1-14-16-12-18(27-20(16)23(2)22-14)19(25)21-13-17(15-6-4-3-5-7-15)24-8-10-26-11-9-24/h3-7,12,17H,8-11,13H2,1-2H3,(H,21,25). The molecule has 3 heterocycles. The molecule has 1 unspecified atom stereocenters. The second-order valence-electron chi connectivity index (χ2n) is 6.82. The number of fused-ring (bicyclic) bond motifs is 1. The van der Waals surface area contributed by atoms with Crippen LogP contribution in [-0.4, -0.2) is 53.4 Å². The third kappa shape index (κ3) is 3.76. The molecular formula is C20H24N4O2S. The predicted octanol–water partition coefficient (Wildman–Crippen LogP) is 2.75. The van der Waals surface area contributed by atoms with Crippen LogP contribution in [0.25, 0.3) is 10.2 Å². The monoisotopic (exact) mass is 384 g/mol. The third-order valence-electron chi connectivity index (χ3n) is 5.05. The molecule has 1 atom stereocenters. The lowest BCUT2D eigenvalue weighted by Crippen LogP contribution is -2.43. The molecule has 7 heteroatoms. The van der Waals surface area contributed by atoms with Crippen LogP contribution in [0, 0.1) is 6.92 Å². The fourth-order valence-corrected chi connectivity index (χ4v) is 4.66. The van der Waals surface area contributed by atoms with E-state index in [1.54, 1.807) is 0 Å². The van der Waals surface area contributed by atoms with Crippen molar-refractivity contribution in [1.29, 1.82) is 0 Å². The minimum atomic E-state index is -0.0233. The molecule has 27 heavy (non-hydrogen) atoms. The van der Waals surface area contributed by atoms with E-state index in [1.165, 1.54) is 16.9 Å². The number of benzene rings is 1. The first-order valence-corrected chi connectivity index (χ1v) is 10.0. The Bertz CT molecular complexity index is 894. The van der Waals surface area contributed by atoms with Crippen LogP contribution < -0.4 is 5.32 Å². The van der Waals surface area contributed by atoms with Gasteiger partial charge < -0.3 is 10.1 Å². The molecule has 0 spiro atoms. The topological polar surface area (TPSA) is 59.4 Å². The maximum absolute atomic E-state index is 12.8. The SMILES string of the molecule is Cc1nn(C)c2sc(C(=O)NCC(c3ccccc3)N3CCOCC3)cc12. The maximum Gasteiger partial charge on any atom is 0.261 e. The first kappa shape index (κ1) is 18.2. The summed E-state index contributed by atoms with van der Waals surface area (Å²) in [4.78, 5) is 16.9. The number of hydrogen-bond acceptors (Lipinski definition) is 5. The number of nitrogens with zero attached hydrogens (tertiary/aromatic N) is 3. The number of amides is 1. The molecule has 0 saturated carbocycles. The Morgan fingerprint density at radius 1 is 1.30 bits per heavy atom. The smallest absolute Gasteiger partial charge is 0.261 e. The van der Waals surface area contributed by atoms with Gasteiger partial charge in [-0.15, -0.1) is 11.3 Å². The number of carbonyl (C=O) groups is 1. The van der Waals surface area contributed by atoms with E-state index < -0.39 is 0 Å². The van der Waals surface area contributed by atoms with Crippen molar-refractivity contribution >= 4 is 27.5 Å². The van der Waals surface area contributed by atoms with E-state index in [0.717, 1.165) is 47.1 Å². The average molecular weight is 385 g/mol. The number of hydrogen-bond donors (Lipinski definition) is 1. The molecule has 0 aliphatic carbocycles. The highest BCUT2D eigenvalue weighted by Gasteiger charge is 2.24. The van der Waals surface area contributed by atoms with Crippen LogP contribution in [0.4, 0.5) is 0 Å². The van der Waals surface area contributed by atoms with E-state index >= 15 is 0 Å². The van der Waals surface area contributed by atoms with Crippen molar-refractivity contribution in [3.8, 4) is 0 Å². The van der Waals surface area contributed by atoms with Gasteiger partial charge >= 0.3 is 0 Å². The Balaban J connectivity index is 1.50. The summed E-state index contributed by atoms with van der Waals surface area (Å²) in [6, 6.07) is 12.5. The molecule has 2 aromatic heterocycles. The molecule has 1 aliphatic heterocycles. The van der Waals surface area contributed by atoms with Crippen LogP contribution >= 0.6 is 11.3 Å². The van der Waals surface area contributed by atoms with Crippen LogP contribution in [0.5, 0.6) is 0 Å². The molecule has 0 radical (unpaired) electrons. The molecule has 1 N–H and O–H groups in total. The Kier molecular flexibility index (Phi) is 5.24. The van der Waals surface area contributed by atoms with Gasteiger partial charge in [-0.2, -0.15) is 5.10 Å². The Labute approximate surface area is 162 Å². The zero-order valence-electron chi connectivity index (χ0n) is 15.6. The van der Waals surface area contributed by atoms with Crippen molar-refractivity contribution in [3.63, 3.8) is 0 Å². The average Bonchev–Trinajstić information content (AvgIpc) is 3.25. The number of aromatic nitrogens is 2. The van der Waals surface area contributed by atoms with E-state index in [-0.39, 0.29) is 11.9 Å². The van der Waals surface area contributed by atoms with Gasteiger partial charge in [0.25, 0.3) is 5.91 Å². The normalized spacial score (nSPS) is 16.5. The zero-order chi connectivity index (χ0) is 18.8. The van der Waals surface area contributed by atoms with Crippen LogP contribution in [-0.2, 0) is 11.8 Å². The van der Waals surface area contributed by atoms with E-state index in [2.05, 4.69) is 27.4 Å². The van der Waals surface area contributed by atoms with Crippen LogP contribution in [0.15, 0.2) is 36.4 Å². The summed E-state index contributed by atoms with van der Waals surface area (Å²) in [5.74, 6) is -0.0233. The Hall–Kier alpha value is -2.22. The van der Waals surface area contributed by atoms with Crippen molar-refractivity contribution in [2.45, 2.75) is 13.0 Å². The van der Waals surface area contributed by atoms with Gasteiger partial charge in [-0.25, -0.2) is 0 Å². The number of nitrogens with one attached hydrogen (secondary N) is 1. The number of carbonyl (C=O) groups excluding carboxylic acids is 1. The Morgan fingerprint density at radius 3 is 2.74 bits per heavy atom. The fourth-order valence-electron chi connectivity index (χ4n) is 3.62. The minimum absolute atomic E-state index is 0.0233. The fraction of sp³-hybridized carbons (Fsp3) is 0.400. The highest BCUT2D eigenvalue weighted by molar-refractivity contribution is 7.20. The lowest BCUT2D eigenvalue weighted by Gasteiger charge is -2.34. The largest absolute Gasteiger partial charge is 0.379 e. The first-order chi connectivity index (χ1) is 13.1. The summed E-state index contributed by atoms with van der Waals surface area (Å²) in [7, 11) is 1.91. The zero-order valence-corrected chi connectivity index (χ0v) is 16.5. The van der Waals surface area contributed by atoms with Gasteiger partial charge in [-0.05, 0) is 18.6 Å². The van der Waals surface area contributed by atoms with Crippen LogP contribution in [0.2, 0.25) is 0 Å². The highest BCUT2D eigenvalue weighted by Crippen LogP contribution is 2.28. The lowest BCUT2D eigenvalue weighted by atomic mass is 10.0. The van der Waals surface area contributed by atoms with Crippen molar-refractivity contribution in [2.75, 3.05) is 32.8 Å². The number of aryl methyl sites for hydroxylation is 2. The van der Waals surface area contributed by atoms with Gasteiger partial charge in [-0.1, -0.05) is 30.3 Å². The first-order valence-electron chi connectivity index (χ1n) is 9.21. The molecule has 4 rings (SSSR count). The van der Waals surface area contributed by atoms with Crippen molar-refractivity contribution < 1.29 is 9.53 Å². The summed E-state index contributed by atoms with van der Waals surface area (Å²) in [5, 5.41) is 8.60. The van der Waals surface area contributed by atoms with E-state index in [0.29, 0.717) is 6.54 Å². The van der Waals surface area contributed by atoms with Gasteiger partial charge in [0.1, 0.15) is 4.83 Å². The molecule has 142 valence electrons. The van der Waals surface area contributed by atoms with Crippen molar-refractivity contribution in [1.82, 2.24) is 20.0 Å². The molecule has 1 aliphatic rings. The molecule has 6 nitrogen and oxygen atoms in total. The summed E-state index contributed by atoms with van der Waals surface area (Å²) in [6.45, 7) is 5.78. The van der Waals surface area contributed by atoms with Crippen LogP contribution in [0.3, 0.4) is 0 Å². The highest BCUT2D eigenvalue weighted by atomic mass is 32.1. The van der Waals surface area contributed by atoms with Gasteiger partial charge in [0.15, 0.2) is 0 Å². The molecule has 3 aromatic rings. The summed E-state index contributed by atoms with van der Waals surface area (Å²) in [6.07, 6.45) is 0. The van der Waals surface area contributed by atoms with E-state index in [9.17, 15) is 4.79 Å². The third-order valence-corrected chi connectivity index (χ3v) is 6.25. The Morgan fingerprint density at radius 2 is 2.04 bits per heavy atom. The van der Waals surface area contributed by atoms with Gasteiger partial charge in [0, 0.05) is 32.1 Å². The number of rotatable bonds is 5. The minimum Gasteiger partial charge on any atom is -0.379 e.